The molecule has 1 fully saturated rings. The largest absolute Gasteiger partial charge is 0.493 e. The highest BCUT2D eigenvalue weighted by atomic mass is 19.1. The second-order valence-corrected chi connectivity index (χ2v) is 6.04. The quantitative estimate of drug-likeness (QED) is 0.865. The summed E-state index contributed by atoms with van der Waals surface area (Å²) in [5.41, 5.74) is 1.01. The Hall–Kier alpha value is -2.50. The number of rotatable bonds is 4. The summed E-state index contributed by atoms with van der Waals surface area (Å²) in [7, 11) is 0. The first-order valence-corrected chi connectivity index (χ1v) is 8.07. The molecule has 1 aliphatic heterocycles. The summed E-state index contributed by atoms with van der Waals surface area (Å²) < 4.78 is 19.5. The van der Waals surface area contributed by atoms with Crippen molar-refractivity contribution in [1.29, 1.82) is 0 Å². The van der Waals surface area contributed by atoms with Gasteiger partial charge in [-0.2, -0.15) is 0 Å². The first kappa shape index (κ1) is 16.4. The molecule has 0 bridgehead atoms. The number of aryl methyl sites for hydroxylation is 1. The number of pyridine rings is 2. The van der Waals surface area contributed by atoms with E-state index in [1.165, 1.54) is 12.3 Å². The zero-order valence-corrected chi connectivity index (χ0v) is 13.6. The van der Waals surface area contributed by atoms with Crippen LogP contribution in [0, 0.1) is 18.7 Å². The van der Waals surface area contributed by atoms with Crippen molar-refractivity contribution in [2.24, 2.45) is 5.92 Å². The maximum atomic E-state index is 13.7. The summed E-state index contributed by atoms with van der Waals surface area (Å²) in [5.74, 6) is 0.379. The molecule has 1 aliphatic rings. The maximum absolute atomic E-state index is 13.7. The minimum absolute atomic E-state index is 0.0898. The monoisotopic (exact) mass is 329 g/mol. The molecular weight excluding hydrogens is 309 g/mol. The summed E-state index contributed by atoms with van der Waals surface area (Å²) in [6.07, 6.45) is 5.94. The Kier molecular flexibility index (Phi) is 5.03. The number of carbonyl (C=O) groups excluding carboxylic acids is 1. The van der Waals surface area contributed by atoms with Gasteiger partial charge in [0.2, 0.25) is 0 Å². The van der Waals surface area contributed by atoms with Crippen LogP contribution in [0.15, 0.2) is 36.8 Å². The van der Waals surface area contributed by atoms with Crippen molar-refractivity contribution in [2.45, 2.75) is 19.8 Å². The van der Waals surface area contributed by atoms with Gasteiger partial charge < -0.3 is 9.64 Å². The zero-order chi connectivity index (χ0) is 16.9. The van der Waals surface area contributed by atoms with Crippen molar-refractivity contribution >= 4 is 5.91 Å². The molecule has 24 heavy (non-hydrogen) atoms. The van der Waals surface area contributed by atoms with Crippen molar-refractivity contribution in [3.8, 4) is 5.75 Å². The van der Waals surface area contributed by atoms with Crippen LogP contribution < -0.4 is 4.74 Å². The lowest BCUT2D eigenvalue weighted by Gasteiger charge is -2.32. The smallest absolute Gasteiger partial charge is 0.256 e. The molecule has 2 aromatic heterocycles. The second-order valence-electron chi connectivity index (χ2n) is 6.04. The van der Waals surface area contributed by atoms with Crippen LogP contribution in [-0.2, 0) is 0 Å². The van der Waals surface area contributed by atoms with E-state index in [1.54, 1.807) is 11.1 Å². The van der Waals surface area contributed by atoms with Gasteiger partial charge in [0.1, 0.15) is 5.75 Å². The van der Waals surface area contributed by atoms with Crippen LogP contribution in [-0.4, -0.2) is 40.5 Å². The standard InChI is InChI=1S/C18H20FN3O2/c1-13-10-15(2-7-21-13)24-12-14-4-8-22(9-5-14)18(23)16-3-6-20-11-17(16)19/h2-3,6-7,10-11,14H,4-5,8-9,12H2,1H3. The molecule has 0 aromatic carbocycles. The summed E-state index contributed by atoms with van der Waals surface area (Å²) in [4.78, 5) is 21.9. The number of hydrogen-bond donors (Lipinski definition) is 0. The van der Waals surface area contributed by atoms with E-state index in [-0.39, 0.29) is 11.5 Å². The third-order valence-corrected chi connectivity index (χ3v) is 4.26. The molecule has 6 heteroatoms. The minimum Gasteiger partial charge on any atom is -0.493 e. The first-order chi connectivity index (χ1) is 11.6. The van der Waals surface area contributed by atoms with Crippen molar-refractivity contribution in [1.82, 2.24) is 14.9 Å². The number of aromatic nitrogens is 2. The molecule has 0 radical (unpaired) electrons. The number of amides is 1. The van der Waals surface area contributed by atoms with Crippen LogP contribution in [0.25, 0.3) is 0 Å². The van der Waals surface area contributed by atoms with E-state index in [4.69, 9.17) is 4.74 Å². The topological polar surface area (TPSA) is 55.3 Å². The first-order valence-electron chi connectivity index (χ1n) is 8.07. The molecule has 3 rings (SSSR count). The number of hydrogen-bond acceptors (Lipinski definition) is 4. The lowest BCUT2D eigenvalue weighted by molar-refractivity contribution is 0.0656. The van der Waals surface area contributed by atoms with E-state index in [1.807, 2.05) is 19.1 Å². The normalized spacial score (nSPS) is 15.3. The highest BCUT2D eigenvalue weighted by molar-refractivity contribution is 5.94. The van der Waals surface area contributed by atoms with E-state index >= 15 is 0 Å². The van der Waals surface area contributed by atoms with Crippen LogP contribution >= 0.6 is 0 Å². The fourth-order valence-corrected chi connectivity index (χ4v) is 2.85. The van der Waals surface area contributed by atoms with Gasteiger partial charge in [0.25, 0.3) is 5.91 Å². The molecule has 1 saturated heterocycles. The molecule has 0 unspecified atom stereocenters. The molecule has 0 atom stereocenters. The van der Waals surface area contributed by atoms with Crippen molar-refractivity contribution in [3.63, 3.8) is 0 Å². The molecule has 0 aliphatic carbocycles. The lowest BCUT2D eigenvalue weighted by atomic mass is 9.97. The fourth-order valence-electron chi connectivity index (χ4n) is 2.85. The number of nitrogens with zero attached hydrogens (tertiary/aromatic N) is 3. The highest BCUT2D eigenvalue weighted by Gasteiger charge is 2.25. The maximum Gasteiger partial charge on any atom is 0.256 e. The number of carbonyl (C=O) groups is 1. The Morgan fingerprint density at radius 3 is 2.83 bits per heavy atom. The number of ether oxygens (including phenoxy) is 1. The van der Waals surface area contributed by atoms with E-state index < -0.39 is 5.82 Å². The number of piperidine rings is 1. The van der Waals surface area contributed by atoms with E-state index in [0.717, 1.165) is 30.5 Å². The summed E-state index contributed by atoms with van der Waals surface area (Å²) in [6, 6.07) is 5.18. The third-order valence-electron chi connectivity index (χ3n) is 4.26. The van der Waals surface area contributed by atoms with Gasteiger partial charge in [-0.15, -0.1) is 0 Å². The fraction of sp³-hybridized carbons (Fsp3) is 0.389. The Labute approximate surface area is 140 Å². The van der Waals surface area contributed by atoms with Gasteiger partial charge in [0.15, 0.2) is 5.82 Å². The molecule has 0 N–H and O–H groups in total. The van der Waals surface area contributed by atoms with Gasteiger partial charge in [0, 0.05) is 37.2 Å². The van der Waals surface area contributed by atoms with E-state index in [2.05, 4.69) is 9.97 Å². The Morgan fingerprint density at radius 2 is 2.12 bits per heavy atom. The zero-order valence-electron chi connectivity index (χ0n) is 13.6. The average molecular weight is 329 g/mol. The molecular formula is C18H20FN3O2. The molecule has 126 valence electrons. The number of likely N-dealkylation sites (tertiary alicyclic amines) is 1. The average Bonchev–Trinajstić information content (AvgIpc) is 2.60. The third kappa shape index (κ3) is 3.88. The molecule has 5 nitrogen and oxygen atoms in total. The summed E-state index contributed by atoms with van der Waals surface area (Å²) in [5, 5.41) is 0. The van der Waals surface area contributed by atoms with Gasteiger partial charge in [-0.3, -0.25) is 14.8 Å². The van der Waals surface area contributed by atoms with Crippen molar-refractivity contribution in [2.75, 3.05) is 19.7 Å². The van der Waals surface area contributed by atoms with Crippen molar-refractivity contribution < 1.29 is 13.9 Å². The lowest BCUT2D eigenvalue weighted by Crippen LogP contribution is -2.40. The Bertz CT molecular complexity index is 715. The van der Waals surface area contributed by atoms with Crippen LogP contribution in [0.5, 0.6) is 5.75 Å². The van der Waals surface area contributed by atoms with Gasteiger partial charge in [0.05, 0.1) is 18.4 Å². The number of halogens is 1. The predicted molar refractivity (Wildman–Crippen MR) is 87.3 cm³/mol. The summed E-state index contributed by atoms with van der Waals surface area (Å²) in [6.45, 7) is 3.78. The predicted octanol–water partition coefficient (Wildman–Crippen LogP) is 2.86. The van der Waals surface area contributed by atoms with Crippen LogP contribution in [0.2, 0.25) is 0 Å². The van der Waals surface area contributed by atoms with Gasteiger partial charge in [-0.25, -0.2) is 4.39 Å². The van der Waals surface area contributed by atoms with Gasteiger partial charge >= 0.3 is 0 Å². The Balaban J connectivity index is 1.51. The molecule has 1 amide bonds. The van der Waals surface area contributed by atoms with Crippen molar-refractivity contribution in [3.05, 3.63) is 53.9 Å². The molecule has 2 aromatic rings. The van der Waals surface area contributed by atoms with E-state index in [9.17, 15) is 9.18 Å². The van der Waals surface area contributed by atoms with Crippen LogP contribution in [0.3, 0.4) is 0 Å². The molecule has 0 saturated carbocycles. The van der Waals surface area contributed by atoms with Gasteiger partial charge in [-0.05, 0) is 37.8 Å². The molecule has 0 spiro atoms. The van der Waals surface area contributed by atoms with Crippen LogP contribution in [0.4, 0.5) is 4.39 Å². The minimum atomic E-state index is -0.569. The Morgan fingerprint density at radius 1 is 1.33 bits per heavy atom. The second kappa shape index (κ2) is 7.38. The molecule has 3 heterocycles. The van der Waals surface area contributed by atoms with Crippen LogP contribution in [0.1, 0.15) is 28.9 Å². The highest BCUT2D eigenvalue weighted by Crippen LogP contribution is 2.21. The SMILES string of the molecule is Cc1cc(OCC2CCN(C(=O)c3ccncc3F)CC2)ccn1. The summed E-state index contributed by atoms with van der Waals surface area (Å²) >= 11 is 0. The van der Waals surface area contributed by atoms with Gasteiger partial charge in [-0.1, -0.05) is 0 Å². The van der Waals surface area contributed by atoms with E-state index in [0.29, 0.717) is 25.6 Å².